The highest BCUT2D eigenvalue weighted by Gasteiger charge is 2.35. The van der Waals surface area contributed by atoms with Crippen LogP contribution in [0.5, 0.6) is 11.5 Å². The molecule has 2 aliphatic heterocycles. The molecule has 1 aromatic heterocycles. The minimum atomic E-state index is -0.231. The van der Waals surface area contributed by atoms with Gasteiger partial charge in [0, 0.05) is 36.0 Å². The third-order valence-electron chi connectivity index (χ3n) is 7.41. The maximum Gasteiger partial charge on any atom is 0.310 e. The number of nitrogens with zero attached hydrogens (tertiary/aromatic N) is 2. The number of benzene rings is 3. The van der Waals surface area contributed by atoms with Gasteiger partial charge in [-0.15, -0.1) is 0 Å². The molecule has 1 aliphatic carbocycles. The highest BCUT2D eigenvalue weighted by Crippen LogP contribution is 2.47. The molecule has 1 atom stereocenters. The van der Waals surface area contributed by atoms with Gasteiger partial charge in [0.05, 0.1) is 34.8 Å². The third-order valence-corrected chi connectivity index (χ3v) is 7.41. The number of anilines is 3. The lowest BCUT2D eigenvalue weighted by Crippen LogP contribution is -2.39. The van der Waals surface area contributed by atoms with E-state index in [4.69, 9.17) is 18.7 Å². The number of nitrogens with one attached hydrogen (secondary N) is 1. The highest BCUT2D eigenvalue weighted by molar-refractivity contribution is 6.28. The van der Waals surface area contributed by atoms with Crippen molar-refractivity contribution in [2.45, 2.75) is 19.8 Å². The van der Waals surface area contributed by atoms with Gasteiger partial charge >= 0.3 is 5.97 Å². The summed E-state index contributed by atoms with van der Waals surface area (Å²) in [6.07, 6.45) is 1.61. The molecule has 192 valence electrons. The zero-order valence-corrected chi connectivity index (χ0v) is 20.8. The van der Waals surface area contributed by atoms with Crippen LogP contribution >= 0.6 is 0 Å². The predicted octanol–water partition coefficient (Wildman–Crippen LogP) is 5.29. The van der Waals surface area contributed by atoms with Crippen LogP contribution in [0, 0.1) is 5.92 Å². The number of aromatic nitrogens is 1. The summed E-state index contributed by atoms with van der Waals surface area (Å²) in [6, 6.07) is 14.9. The molecular weight excluding hydrogens is 486 g/mol. The lowest BCUT2D eigenvalue weighted by atomic mass is 9.86. The number of hydrogen-bond acceptors (Lipinski definition) is 9. The first kappa shape index (κ1) is 22.7. The van der Waals surface area contributed by atoms with E-state index in [0.717, 1.165) is 36.3 Å². The summed E-state index contributed by atoms with van der Waals surface area (Å²) >= 11 is 0. The maximum atomic E-state index is 13.9. The summed E-state index contributed by atoms with van der Waals surface area (Å²) in [4.78, 5) is 28.6. The molecule has 0 radical (unpaired) electrons. The van der Waals surface area contributed by atoms with E-state index in [1.807, 2.05) is 55.5 Å². The molecule has 4 aromatic rings. The number of rotatable bonds is 5. The van der Waals surface area contributed by atoms with Crippen LogP contribution in [-0.4, -0.2) is 43.4 Å². The van der Waals surface area contributed by atoms with E-state index >= 15 is 0 Å². The summed E-state index contributed by atoms with van der Waals surface area (Å²) in [7, 11) is 0. The van der Waals surface area contributed by atoms with Crippen molar-refractivity contribution in [3.8, 4) is 22.8 Å². The zero-order valence-electron chi connectivity index (χ0n) is 20.8. The van der Waals surface area contributed by atoms with E-state index in [-0.39, 0.29) is 24.5 Å². The summed E-state index contributed by atoms with van der Waals surface area (Å²) < 4.78 is 22.2. The van der Waals surface area contributed by atoms with Gasteiger partial charge in [-0.05, 0) is 38.0 Å². The molecule has 0 bridgehead atoms. The molecule has 0 spiro atoms. The van der Waals surface area contributed by atoms with Crippen molar-refractivity contribution in [2.75, 3.05) is 36.7 Å². The smallest absolute Gasteiger partial charge is 0.310 e. The SMILES string of the molecule is CCOC(=O)C1CCCN(c2cc(Nc3ccc4c(c3)OCO4)c3c4c(onc24)-c2ccccc2C3=O)C1. The van der Waals surface area contributed by atoms with E-state index < -0.39 is 0 Å². The lowest BCUT2D eigenvalue weighted by molar-refractivity contribution is -0.148. The second-order valence-corrected chi connectivity index (χ2v) is 9.66. The fraction of sp³-hybridized carbons (Fsp3) is 0.276. The van der Waals surface area contributed by atoms with Gasteiger partial charge in [0.1, 0.15) is 5.52 Å². The topological polar surface area (TPSA) is 103 Å². The highest BCUT2D eigenvalue weighted by atomic mass is 16.7. The van der Waals surface area contributed by atoms with Crippen LogP contribution in [0.1, 0.15) is 35.7 Å². The minimum Gasteiger partial charge on any atom is -0.466 e. The van der Waals surface area contributed by atoms with Crippen LogP contribution in [0.25, 0.3) is 22.2 Å². The average Bonchev–Trinajstić information content (AvgIpc) is 3.60. The number of esters is 1. The molecule has 3 aliphatic rings. The van der Waals surface area contributed by atoms with E-state index in [0.29, 0.717) is 58.1 Å². The molecule has 38 heavy (non-hydrogen) atoms. The van der Waals surface area contributed by atoms with Crippen molar-refractivity contribution in [1.82, 2.24) is 5.16 Å². The van der Waals surface area contributed by atoms with Crippen molar-refractivity contribution in [3.05, 3.63) is 59.7 Å². The Hall–Kier alpha value is -4.53. The van der Waals surface area contributed by atoms with Crippen molar-refractivity contribution < 1.29 is 28.3 Å². The first-order valence-corrected chi connectivity index (χ1v) is 12.8. The maximum absolute atomic E-state index is 13.9. The largest absolute Gasteiger partial charge is 0.466 e. The standard InChI is InChI=1S/C29H25N3O6/c1-2-35-29(34)16-6-5-11-32(14-16)21-13-20(30-17-9-10-22-23(12-17)37-15-36-22)24-25-26(21)31-38-28(25)19-8-4-3-7-18(19)27(24)33/h3-4,7-10,12-13,16,30H,2,5-6,11,14-15H2,1H3. The van der Waals surface area contributed by atoms with Gasteiger partial charge in [-0.1, -0.05) is 29.4 Å². The second kappa shape index (κ2) is 8.79. The molecule has 3 aromatic carbocycles. The molecule has 1 unspecified atom stereocenters. The summed E-state index contributed by atoms with van der Waals surface area (Å²) in [5.74, 6) is 1.37. The van der Waals surface area contributed by atoms with Crippen molar-refractivity contribution in [2.24, 2.45) is 5.92 Å². The molecule has 3 heterocycles. The van der Waals surface area contributed by atoms with E-state index in [2.05, 4.69) is 15.4 Å². The normalized spacial score (nSPS) is 17.4. The Balaban J connectivity index is 1.38. The Morgan fingerprint density at radius 3 is 2.84 bits per heavy atom. The molecule has 0 saturated carbocycles. The van der Waals surface area contributed by atoms with Crippen LogP contribution < -0.4 is 19.7 Å². The fourth-order valence-electron chi connectivity index (χ4n) is 5.66. The molecule has 9 heteroatoms. The number of fused-ring (bicyclic) bond motifs is 3. The Bertz CT molecular complexity index is 1610. The monoisotopic (exact) mass is 511 g/mol. The Labute approximate surface area is 218 Å². The molecule has 1 saturated heterocycles. The Kier molecular flexibility index (Phi) is 5.24. The Morgan fingerprint density at radius 1 is 1.13 bits per heavy atom. The number of piperidine rings is 1. The molecule has 1 fully saturated rings. The van der Waals surface area contributed by atoms with Crippen molar-refractivity contribution >= 4 is 39.7 Å². The number of hydrogen-bond donors (Lipinski definition) is 1. The average molecular weight is 512 g/mol. The second-order valence-electron chi connectivity index (χ2n) is 9.66. The molecule has 9 nitrogen and oxygen atoms in total. The van der Waals surface area contributed by atoms with Gasteiger partial charge in [-0.25, -0.2) is 0 Å². The lowest BCUT2D eigenvalue weighted by Gasteiger charge is -2.34. The van der Waals surface area contributed by atoms with Crippen LogP contribution in [-0.2, 0) is 9.53 Å². The quantitative estimate of drug-likeness (QED) is 0.315. The number of carbonyl (C=O) groups is 2. The van der Waals surface area contributed by atoms with E-state index in [1.165, 1.54) is 0 Å². The van der Waals surface area contributed by atoms with Gasteiger partial charge in [-0.2, -0.15) is 0 Å². The van der Waals surface area contributed by atoms with Gasteiger partial charge in [-0.3, -0.25) is 9.59 Å². The first-order chi connectivity index (χ1) is 18.6. The Morgan fingerprint density at radius 2 is 1.97 bits per heavy atom. The van der Waals surface area contributed by atoms with E-state index in [1.54, 1.807) is 0 Å². The third kappa shape index (κ3) is 3.49. The first-order valence-electron chi connectivity index (χ1n) is 12.8. The van der Waals surface area contributed by atoms with Crippen LogP contribution in [0.2, 0.25) is 0 Å². The summed E-state index contributed by atoms with van der Waals surface area (Å²) in [5, 5.41) is 8.57. The van der Waals surface area contributed by atoms with Crippen LogP contribution in [0.15, 0.2) is 53.1 Å². The molecular formula is C29H25N3O6. The molecule has 7 rings (SSSR count). The van der Waals surface area contributed by atoms with Crippen molar-refractivity contribution in [3.63, 3.8) is 0 Å². The van der Waals surface area contributed by atoms with Gasteiger partial charge < -0.3 is 29.0 Å². The van der Waals surface area contributed by atoms with Crippen LogP contribution in [0.3, 0.4) is 0 Å². The van der Waals surface area contributed by atoms with Gasteiger partial charge in [0.25, 0.3) is 0 Å². The number of carbonyl (C=O) groups excluding carboxylic acids is 2. The fourth-order valence-corrected chi connectivity index (χ4v) is 5.66. The summed E-state index contributed by atoms with van der Waals surface area (Å²) in [6.45, 7) is 3.60. The molecule has 1 N–H and O–H groups in total. The predicted molar refractivity (Wildman–Crippen MR) is 140 cm³/mol. The minimum absolute atomic E-state index is 0.0980. The number of ether oxygens (including phenoxy) is 3. The van der Waals surface area contributed by atoms with Gasteiger partial charge in [0.2, 0.25) is 6.79 Å². The van der Waals surface area contributed by atoms with Crippen LogP contribution in [0.4, 0.5) is 17.1 Å². The summed E-state index contributed by atoms with van der Waals surface area (Å²) in [5.41, 5.74) is 4.61. The van der Waals surface area contributed by atoms with Crippen molar-refractivity contribution in [1.29, 1.82) is 0 Å². The number of ketones is 1. The van der Waals surface area contributed by atoms with Gasteiger partial charge in [0.15, 0.2) is 23.0 Å². The molecule has 0 amide bonds. The zero-order chi connectivity index (χ0) is 25.8. The van der Waals surface area contributed by atoms with E-state index in [9.17, 15) is 9.59 Å².